The second-order valence-electron chi connectivity index (χ2n) is 5.54. The first kappa shape index (κ1) is 18.5. The third-order valence-corrected chi connectivity index (χ3v) is 4.93. The molecule has 138 valence electrons. The number of nitro groups is 1. The minimum absolute atomic E-state index is 0.102. The number of anilines is 1. The quantitative estimate of drug-likeness (QED) is 0.516. The molecule has 0 atom stereocenters. The first-order chi connectivity index (χ1) is 12.9. The van der Waals surface area contributed by atoms with E-state index in [9.17, 15) is 19.3 Å². The fourth-order valence-electron chi connectivity index (χ4n) is 2.42. The van der Waals surface area contributed by atoms with E-state index in [0.717, 1.165) is 11.3 Å². The van der Waals surface area contributed by atoms with E-state index < -0.39 is 10.8 Å². The average molecular weight is 387 g/mol. The van der Waals surface area contributed by atoms with Crippen LogP contribution in [-0.2, 0) is 0 Å². The molecular formula is C18H14FN3O4S. The number of ether oxygens (including phenoxy) is 1. The number of methoxy groups -OCH3 is 1. The summed E-state index contributed by atoms with van der Waals surface area (Å²) in [5, 5.41) is 14.3. The van der Waals surface area contributed by atoms with Gasteiger partial charge in [0.05, 0.1) is 17.7 Å². The predicted molar refractivity (Wildman–Crippen MR) is 99.8 cm³/mol. The molecule has 0 saturated heterocycles. The van der Waals surface area contributed by atoms with Gasteiger partial charge in [0.15, 0.2) is 5.75 Å². The number of nitro benzene ring substituents is 1. The first-order valence-electron chi connectivity index (χ1n) is 7.76. The summed E-state index contributed by atoms with van der Waals surface area (Å²) in [5.41, 5.74) is 1.23. The van der Waals surface area contributed by atoms with E-state index in [1.165, 1.54) is 37.4 Å². The molecule has 0 aliphatic rings. The molecule has 0 aliphatic carbocycles. The largest absolute Gasteiger partial charge is 0.490 e. The molecular weight excluding hydrogens is 373 g/mol. The predicted octanol–water partition coefficient (Wildman–Crippen LogP) is 4.43. The molecule has 2 aromatic carbocycles. The number of carbonyl (C=O) groups excluding carboxylic acids is 1. The van der Waals surface area contributed by atoms with Gasteiger partial charge in [0.2, 0.25) is 0 Å². The van der Waals surface area contributed by atoms with Crippen LogP contribution in [0.2, 0.25) is 0 Å². The Hall–Kier alpha value is -3.33. The number of carbonyl (C=O) groups is 1. The summed E-state index contributed by atoms with van der Waals surface area (Å²) in [5.74, 6) is -0.686. The second kappa shape index (κ2) is 7.50. The van der Waals surface area contributed by atoms with Gasteiger partial charge in [0.25, 0.3) is 5.91 Å². The Balaban J connectivity index is 1.86. The molecule has 9 heteroatoms. The molecule has 3 aromatic rings. The number of benzene rings is 2. The van der Waals surface area contributed by atoms with Crippen LogP contribution in [0.15, 0.2) is 42.5 Å². The Morgan fingerprint density at radius 2 is 1.96 bits per heavy atom. The summed E-state index contributed by atoms with van der Waals surface area (Å²) in [4.78, 5) is 27.8. The van der Waals surface area contributed by atoms with Crippen molar-refractivity contribution >= 4 is 28.6 Å². The Bertz CT molecular complexity index is 1020. The maximum atomic E-state index is 13.1. The maximum absolute atomic E-state index is 13.1. The topological polar surface area (TPSA) is 94.4 Å². The van der Waals surface area contributed by atoms with Crippen molar-refractivity contribution in [2.45, 2.75) is 6.92 Å². The summed E-state index contributed by atoms with van der Waals surface area (Å²) in [7, 11) is 1.33. The van der Waals surface area contributed by atoms with Crippen LogP contribution < -0.4 is 10.1 Å². The number of halogens is 1. The van der Waals surface area contributed by atoms with Crippen molar-refractivity contribution in [1.82, 2.24) is 4.98 Å². The monoisotopic (exact) mass is 387 g/mol. The lowest BCUT2D eigenvalue weighted by molar-refractivity contribution is -0.385. The number of aromatic nitrogens is 1. The van der Waals surface area contributed by atoms with Crippen molar-refractivity contribution in [2.24, 2.45) is 0 Å². The number of hydrogen-bond donors (Lipinski definition) is 1. The van der Waals surface area contributed by atoms with Gasteiger partial charge in [0, 0.05) is 17.3 Å². The normalized spacial score (nSPS) is 10.5. The summed E-state index contributed by atoms with van der Waals surface area (Å²) in [6.07, 6.45) is 0. The highest BCUT2D eigenvalue weighted by Crippen LogP contribution is 2.31. The van der Waals surface area contributed by atoms with Gasteiger partial charge in [-0.2, -0.15) is 0 Å². The fraction of sp³-hybridized carbons (Fsp3) is 0.111. The van der Waals surface area contributed by atoms with E-state index in [-0.39, 0.29) is 22.9 Å². The molecule has 0 spiro atoms. The first-order valence-corrected chi connectivity index (χ1v) is 8.58. The standard InChI is InChI=1S/C18H14FN3O4S/c1-10-16(27-18(20-10)11-3-5-12(19)6-4-11)17(23)21-13-7-8-15(26-2)14(9-13)22(24)25/h3-9H,1-2H3,(H,21,23). The van der Waals surface area contributed by atoms with Gasteiger partial charge in [0.1, 0.15) is 15.7 Å². The Labute approximate surface area is 157 Å². The molecule has 27 heavy (non-hydrogen) atoms. The Morgan fingerprint density at radius 3 is 2.59 bits per heavy atom. The third-order valence-electron chi connectivity index (χ3n) is 3.73. The minimum atomic E-state index is -0.584. The number of amides is 1. The molecule has 7 nitrogen and oxygen atoms in total. The summed E-state index contributed by atoms with van der Waals surface area (Å²) < 4.78 is 18.0. The van der Waals surface area contributed by atoms with E-state index in [4.69, 9.17) is 4.74 Å². The van der Waals surface area contributed by atoms with Crippen LogP contribution in [0, 0.1) is 22.9 Å². The van der Waals surface area contributed by atoms with Crippen molar-refractivity contribution in [3.63, 3.8) is 0 Å². The lowest BCUT2D eigenvalue weighted by atomic mass is 10.2. The number of hydrogen-bond acceptors (Lipinski definition) is 6. The van der Waals surface area contributed by atoms with Gasteiger partial charge in [-0.3, -0.25) is 14.9 Å². The van der Waals surface area contributed by atoms with Crippen LogP contribution in [0.25, 0.3) is 10.6 Å². The smallest absolute Gasteiger partial charge is 0.312 e. The van der Waals surface area contributed by atoms with Crippen molar-refractivity contribution in [2.75, 3.05) is 12.4 Å². The Morgan fingerprint density at radius 1 is 1.26 bits per heavy atom. The molecule has 1 aromatic heterocycles. The number of nitrogens with one attached hydrogen (secondary N) is 1. The van der Waals surface area contributed by atoms with E-state index in [0.29, 0.717) is 21.1 Å². The average Bonchev–Trinajstić information content (AvgIpc) is 3.04. The molecule has 0 unspecified atom stereocenters. The molecule has 0 aliphatic heterocycles. The lowest BCUT2D eigenvalue weighted by Gasteiger charge is -2.06. The van der Waals surface area contributed by atoms with E-state index in [1.54, 1.807) is 19.1 Å². The minimum Gasteiger partial charge on any atom is -0.490 e. The van der Waals surface area contributed by atoms with Gasteiger partial charge in [-0.25, -0.2) is 9.37 Å². The van der Waals surface area contributed by atoms with Crippen LogP contribution in [0.3, 0.4) is 0 Å². The molecule has 3 rings (SSSR count). The van der Waals surface area contributed by atoms with E-state index in [2.05, 4.69) is 10.3 Å². The highest BCUT2D eigenvalue weighted by Gasteiger charge is 2.19. The van der Waals surface area contributed by atoms with Gasteiger partial charge < -0.3 is 10.1 Å². The Kier molecular flexibility index (Phi) is 5.13. The number of nitrogens with zero attached hydrogens (tertiary/aromatic N) is 2. The van der Waals surface area contributed by atoms with Crippen LogP contribution in [0.5, 0.6) is 5.75 Å². The summed E-state index contributed by atoms with van der Waals surface area (Å²) in [6.45, 7) is 1.69. The van der Waals surface area contributed by atoms with Gasteiger partial charge in [-0.05, 0) is 43.3 Å². The molecule has 0 radical (unpaired) electrons. The molecule has 0 fully saturated rings. The molecule has 1 heterocycles. The van der Waals surface area contributed by atoms with Crippen LogP contribution in [0.1, 0.15) is 15.4 Å². The van der Waals surface area contributed by atoms with E-state index in [1.807, 2.05) is 0 Å². The second-order valence-corrected chi connectivity index (χ2v) is 6.54. The fourth-order valence-corrected chi connectivity index (χ4v) is 3.39. The third kappa shape index (κ3) is 3.93. The zero-order chi connectivity index (χ0) is 19.6. The van der Waals surface area contributed by atoms with E-state index >= 15 is 0 Å². The maximum Gasteiger partial charge on any atom is 0.312 e. The zero-order valence-electron chi connectivity index (χ0n) is 14.4. The van der Waals surface area contributed by atoms with Crippen LogP contribution >= 0.6 is 11.3 Å². The molecule has 0 bridgehead atoms. The molecule has 1 amide bonds. The number of aryl methyl sites for hydroxylation is 1. The lowest BCUT2D eigenvalue weighted by Crippen LogP contribution is -2.11. The summed E-state index contributed by atoms with van der Waals surface area (Å²) in [6, 6.07) is 9.97. The van der Waals surface area contributed by atoms with Crippen molar-refractivity contribution in [1.29, 1.82) is 0 Å². The van der Waals surface area contributed by atoms with Crippen molar-refractivity contribution in [3.8, 4) is 16.3 Å². The summed E-state index contributed by atoms with van der Waals surface area (Å²) >= 11 is 1.16. The highest BCUT2D eigenvalue weighted by molar-refractivity contribution is 7.17. The molecule has 0 saturated carbocycles. The number of rotatable bonds is 5. The van der Waals surface area contributed by atoms with Gasteiger partial charge >= 0.3 is 5.69 Å². The van der Waals surface area contributed by atoms with Gasteiger partial charge in [-0.15, -0.1) is 11.3 Å². The zero-order valence-corrected chi connectivity index (χ0v) is 15.2. The van der Waals surface area contributed by atoms with Crippen molar-refractivity contribution in [3.05, 3.63) is 69.0 Å². The van der Waals surface area contributed by atoms with Crippen LogP contribution in [0.4, 0.5) is 15.8 Å². The van der Waals surface area contributed by atoms with Crippen LogP contribution in [-0.4, -0.2) is 22.9 Å². The van der Waals surface area contributed by atoms with Gasteiger partial charge in [-0.1, -0.05) is 0 Å². The number of thiazole rings is 1. The molecule has 1 N–H and O–H groups in total. The van der Waals surface area contributed by atoms with Crippen molar-refractivity contribution < 1.29 is 18.8 Å². The SMILES string of the molecule is COc1ccc(NC(=O)c2sc(-c3ccc(F)cc3)nc2C)cc1[N+](=O)[O-]. The highest BCUT2D eigenvalue weighted by atomic mass is 32.1.